The van der Waals surface area contributed by atoms with Crippen molar-refractivity contribution in [3.05, 3.63) is 12.4 Å². The zero-order chi connectivity index (χ0) is 9.47. The van der Waals surface area contributed by atoms with Gasteiger partial charge in [-0.2, -0.15) is 0 Å². The van der Waals surface area contributed by atoms with E-state index in [1.165, 1.54) is 0 Å². The average Bonchev–Trinajstić information content (AvgIpc) is 2.33. The molecule has 0 unspecified atom stereocenters. The Morgan fingerprint density at radius 1 is 1.62 bits per heavy atom. The second-order valence-electron chi connectivity index (χ2n) is 3.28. The second kappa shape index (κ2) is 2.73. The van der Waals surface area contributed by atoms with E-state index in [0.29, 0.717) is 0 Å². The van der Waals surface area contributed by atoms with Crippen molar-refractivity contribution in [2.45, 2.75) is 6.04 Å². The summed E-state index contributed by atoms with van der Waals surface area (Å²) in [6.45, 7) is 0. The van der Waals surface area contributed by atoms with Gasteiger partial charge in [0.25, 0.3) is 0 Å². The summed E-state index contributed by atoms with van der Waals surface area (Å²) in [7, 11) is -0.883. The molecule has 0 saturated carbocycles. The molecule has 6 heteroatoms. The minimum Gasteiger partial charge on any atom is -0.351 e. The summed E-state index contributed by atoms with van der Waals surface area (Å²) in [5, 5.41) is 3.05. The summed E-state index contributed by atoms with van der Waals surface area (Å²) in [6.07, 6.45) is 3.49. The van der Waals surface area contributed by atoms with Crippen molar-refractivity contribution in [3.63, 3.8) is 0 Å². The Balaban J connectivity index is 1.98. The standard InChI is InChI=1S/C7H11N3O2S/c1-10-3-2-8-7(10)9-6-4-13(11,12)5-6/h2-3,6H,4-5H2,1H3,(H,8,9). The molecule has 0 radical (unpaired) electrons. The van der Waals surface area contributed by atoms with Gasteiger partial charge in [0.15, 0.2) is 9.84 Å². The van der Waals surface area contributed by atoms with E-state index in [-0.39, 0.29) is 17.5 Å². The molecule has 1 N–H and O–H groups in total. The van der Waals surface area contributed by atoms with Crippen LogP contribution in [0.5, 0.6) is 0 Å². The topological polar surface area (TPSA) is 64.0 Å². The highest BCUT2D eigenvalue weighted by Crippen LogP contribution is 2.15. The summed E-state index contributed by atoms with van der Waals surface area (Å²) in [5.41, 5.74) is 0. The minimum atomic E-state index is -2.75. The van der Waals surface area contributed by atoms with Crippen LogP contribution < -0.4 is 5.32 Å². The predicted molar refractivity (Wildman–Crippen MR) is 49.3 cm³/mol. The molecule has 0 atom stereocenters. The van der Waals surface area contributed by atoms with Gasteiger partial charge in [-0.05, 0) is 0 Å². The number of sulfone groups is 1. The number of aromatic nitrogens is 2. The number of nitrogens with zero attached hydrogens (tertiary/aromatic N) is 2. The number of imidazole rings is 1. The van der Waals surface area contributed by atoms with Gasteiger partial charge < -0.3 is 9.88 Å². The van der Waals surface area contributed by atoms with Crippen molar-refractivity contribution < 1.29 is 8.42 Å². The first-order valence-corrected chi connectivity index (χ1v) is 5.83. The van der Waals surface area contributed by atoms with Crippen LogP contribution in [0.4, 0.5) is 5.95 Å². The molecule has 1 fully saturated rings. The zero-order valence-corrected chi connectivity index (χ0v) is 8.08. The molecule has 2 rings (SSSR count). The summed E-state index contributed by atoms with van der Waals surface area (Å²) in [5.74, 6) is 1.17. The average molecular weight is 201 g/mol. The zero-order valence-electron chi connectivity index (χ0n) is 7.27. The second-order valence-corrected chi connectivity index (χ2v) is 5.43. The molecule has 1 aromatic heterocycles. The lowest BCUT2D eigenvalue weighted by Gasteiger charge is -2.26. The summed E-state index contributed by atoms with van der Waals surface area (Å²) in [4.78, 5) is 4.04. The van der Waals surface area contributed by atoms with Crippen LogP contribution in [0.25, 0.3) is 0 Å². The normalized spacial score (nSPS) is 21.0. The number of hydrogen-bond donors (Lipinski definition) is 1. The fourth-order valence-electron chi connectivity index (χ4n) is 1.33. The van der Waals surface area contributed by atoms with Crippen LogP contribution in [0.1, 0.15) is 0 Å². The fraction of sp³-hybridized carbons (Fsp3) is 0.571. The van der Waals surface area contributed by atoms with Gasteiger partial charge in [-0.25, -0.2) is 13.4 Å². The molecule has 1 saturated heterocycles. The van der Waals surface area contributed by atoms with E-state index >= 15 is 0 Å². The molecule has 1 aliphatic rings. The van der Waals surface area contributed by atoms with E-state index < -0.39 is 9.84 Å². The molecule has 0 aromatic carbocycles. The highest BCUT2D eigenvalue weighted by molar-refractivity contribution is 7.92. The smallest absolute Gasteiger partial charge is 0.202 e. The molecule has 0 spiro atoms. The van der Waals surface area contributed by atoms with E-state index in [0.717, 1.165) is 5.95 Å². The quantitative estimate of drug-likeness (QED) is 0.709. The van der Waals surface area contributed by atoms with Crippen LogP contribution >= 0.6 is 0 Å². The number of nitrogens with one attached hydrogen (secondary N) is 1. The van der Waals surface area contributed by atoms with E-state index in [9.17, 15) is 8.42 Å². The first-order valence-electron chi connectivity index (χ1n) is 4.01. The molecule has 0 amide bonds. The molecule has 72 valence electrons. The largest absolute Gasteiger partial charge is 0.351 e. The lowest BCUT2D eigenvalue weighted by Crippen LogP contribution is -2.46. The van der Waals surface area contributed by atoms with Gasteiger partial charge >= 0.3 is 0 Å². The van der Waals surface area contributed by atoms with Crippen molar-refractivity contribution in [1.82, 2.24) is 9.55 Å². The molecule has 0 aliphatic carbocycles. The first kappa shape index (κ1) is 8.55. The summed E-state index contributed by atoms with van der Waals surface area (Å²) in [6, 6.07) is 0.0334. The van der Waals surface area contributed by atoms with Crippen LogP contribution in [0.2, 0.25) is 0 Å². The Kier molecular flexibility index (Phi) is 1.80. The lowest BCUT2D eigenvalue weighted by molar-refractivity contribution is 0.569. The maximum Gasteiger partial charge on any atom is 0.202 e. The third-order valence-corrected chi connectivity index (χ3v) is 3.89. The fourth-order valence-corrected chi connectivity index (χ4v) is 2.63. The Labute approximate surface area is 76.7 Å². The highest BCUT2D eigenvalue weighted by Gasteiger charge is 2.33. The number of hydrogen-bond acceptors (Lipinski definition) is 4. The van der Waals surface area contributed by atoms with Gasteiger partial charge in [0.2, 0.25) is 5.95 Å². The van der Waals surface area contributed by atoms with E-state index in [1.807, 2.05) is 17.8 Å². The number of rotatable bonds is 2. The van der Waals surface area contributed by atoms with Crippen molar-refractivity contribution in [3.8, 4) is 0 Å². The maximum atomic E-state index is 10.8. The molecule has 2 heterocycles. The van der Waals surface area contributed by atoms with Gasteiger partial charge in [0.1, 0.15) is 0 Å². The SMILES string of the molecule is Cn1ccnc1NC1CS(=O)(=O)C1. The number of aryl methyl sites for hydroxylation is 1. The summed E-state index contributed by atoms with van der Waals surface area (Å²) < 4.78 is 23.5. The molecular formula is C7H11N3O2S. The highest BCUT2D eigenvalue weighted by atomic mass is 32.2. The molecule has 1 aliphatic heterocycles. The van der Waals surface area contributed by atoms with Crippen LogP contribution in [-0.2, 0) is 16.9 Å². The van der Waals surface area contributed by atoms with Gasteiger partial charge in [-0.1, -0.05) is 0 Å². The molecular weight excluding hydrogens is 190 g/mol. The van der Waals surface area contributed by atoms with Crippen molar-refractivity contribution in [2.75, 3.05) is 16.8 Å². The Hall–Kier alpha value is -1.04. The molecule has 13 heavy (non-hydrogen) atoms. The van der Waals surface area contributed by atoms with Crippen LogP contribution in [0, 0.1) is 0 Å². The first-order chi connectivity index (χ1) is 6.07. The predicted octanol–water partition coefficient (Wildman–Crippen LogP) is -0.371. The summed E-state index contributed by atoms with van der Waals surface area (Å²) >= 11 is 0. The molecule has 0 bridgehead atoms. The lowest BCUT2D eigenvalue weighted by atomic mass is 10.4. The number of anilines is 1. The van der Waals surface area contributed by atoms with Gasteiger partial charge in [-0.15, -0.1) is 0 Å². The van der Waals surface area contributed by atoms with Crippen molar-refractivity contribution in [2.24, 2.45) is 7.05 Å². The van der Waals surface area contributed by atoms with Gasteiger partial charge in [0, 0.05) is 19.4 Å². The van der Waals surface area contributed by atoms with Crippen LogP contribution in [0.3, 0.4) is 0 Å². The van der Waals surface area contributed by atoms with Gasteiger partial charge in [0.05, 0.1) is 17.5 Å². The van der Waals surface area contributed by atoms with Crippen LogP contribution in [0.15, 0.2) is 12.4 Å². The van der Waals surface area contributed by atoms with E-state index in [4.69, 9.17) is 0 Å². The third kappa shape index (κ3) is 1.67. The third-order valence-electron chi connectivity index (χ3n) is 2.06. The molecule has 5 nitrogen and oxygen atoms in total. The van der Waals surface area contributed by atoms with Gasteiger partial charge in [-0.3, -0.25) is 0 Å². The Morgan fingerprint density at radius 3 is 2.77 bits per heavy atom. The maximum absolute atomic E-state index is 10.8. The Morgan fingerprint density at radius 2 is 2.31 bits per heavy atom. The Bertz CT molecular complexity index is 397. The molecule has 1 aromatic rings. The van der Waals surface area contributed by atoms with E-state index in [2.05, 4.69) is 10.3 Å². The monoisotopic (exact) mass is 201 g/mol. The van der Waals surface area contributed by atoms with E-state index in [1.54, 1.807) is 6.20 Å². The van der Waals surface area contributed by atoms with Crippen molar-refractivity contribution in [1.29, 1.82) is 0 Å². The van der Waals surface area contributed by atoms with Crippen LogP contribution in [-0.4, -0.2) is 35.5 Å². The van der Waals surface area contributed by atoms with Crippen molar-refractivity contribution >= 4 is 15.8 Å². The minimum absolute atomic E-state index is 0.0334.